The maximum atomic E-state index is 9.83. The molecule has 0 unspecified atom stereocenters. The maximum Gasteiger partial charge on any atom is 0.137 e. The minimum Gasteiger partial charge on any atom is -0.335 e. The fraction of sp³-hybridized carbons (Fsp3) is 0.226. The van der Waals surface area contributed by atoms with Crippen molar-refractivity contribution in [3.8, 4) is 12.1 Å². The van der Waals surface area contributed by atoms with Crippen molar-refractivity contribution in [3.63, 3.8) is 0 Å². The van der Waals surface area contributed by atoms with E-state index in [1.807, 2.05) is 0 Å². The Morgan fingerprint density at radius 1 is 0.757 bits per heavy atom. The maximum absolute atomic E-state index is 9.83. The Labute approximate surface area is 228 Å². The van der Waals surface area contributed by atoms with Gasteiger partial charge in [0.25, 0.3) is 0 Å². The highest BCUT2D eigenvalue weighted by molar-refractivity contribution is 8.04. The van der Waals surface area contributed by atoms with E-state index in [4.69, 9.17) is 0 Å². The van der Waals surface area contributed by atoms with Gasteiger partial charge in [0.2, 0.25) is 0 Å². The Morgan fingerprint density at radius 2 is 1.22 bits per heavy atom. The third-order valence-electron chi connectivity index (χ3n) is 6.77. The summed E-state index contributed by atoms with van der Waals surface area (Å²) in [7, 11) is 0. The Bertz CT molecular complexity index is 1360. The molecule has 2 heterocycles. The average molecular weight is 521 g/mol. The van der Waals surface area contributed by atoms with E-state index in [1.165, 1.54) is 31.2 Å². The lowest BCUT2D eigenvalue weighted by Gasteiger charge is -2.22. The summed E-state index contributed by atoms with van der Waals surface area (Å²) in [6.45, 7) is 6.09. The van der Waals surface area contributed by atoms with Gasteiger partial charge in [-0.3, -0.25) is 0 Å². The number of para-hydroxylation sites is 2. The molecule has 1 aliphatic carbocycles. The zero-order valence-electron chi connectivity index (χ0n) is 21.1. The van der Waals surface area contributed by atoms with E-state index in [9.17, 15) is 10.5 Å². The number of nitriles is 2. The summed E-state index contributed by atoms with van der Waals surface area (Å²) in [4.78, 5) is 7.14. The molecular formula is C31H28N4S2. The van der Waals surface area contributed by atoms with Crippen molar-refractivity contribution in [2.75, 3.05) is 22.9 Å². The number of anilines is 2. The molecule has 0 radical (unpaired) electrons. The molecule has 2 aromatic carbocycles. The van der Waals surface area contributed by atoms with E-state index in [0.717, 1.165) is 49.1 Å². The van der Waals surface area contributed by atoms with Crippen molar-refractivity contribution >= 4 is 34.9 Å². The van der Waals surface area contributed by atoms with Crippen LogP contribution in [0, 0.1) is 22.7 Å². The molecule has 0 spiro atoms. The zero-order chi connectivity index (χ0) is 25.8. The van der Waals surface area contributed by atoms with Gasteiger partial charge in [0.15, 0.2) is 0 Å². The van der Waals surface area contributed by atoms with Crippen LogP contribution in [0.25, 0.3) is 0 Å². The molecule has 2 aliphatic heterocycles. The Morgan fingerprint density at radius 3 is 1.65 bits per heavy atom. The van der Waals surface area contributed by atoms with E-state index in [1.54, 1.807) is 23.5 Å². The molecule has 184 valence electrons. The molecule has 6 heteroatoms. The SMILES string of the molecule is CCN1C(=CC=C2CCCC(=CC=C3Sc4ccccc4N3CC)C2=C(C#N)C#N)Sc2ccccc21. The van der Waals surface area contributed by atoms with Crippen molar-refractivity contribution in [2.24, 2.45) is 0 Å². The summed E-state index contributed by atoms with van der Waals surface area (Å²) >= 11 is 3.53. The van der Waals surface area contributed by atoms with Crippen LogP contribution >= 0.6 is 23.5 Å². The molecule has 1 fully saturated rings. The van der Waals surface area contributed by atoms with Crippen molar-refractivity contribution in [1.29, 1.82) is 10.5 Å². The second kappa shape index (κ2) is 11.2. The number of rotatable bonds is 4. The second-order valence-corrected chi connectivity index (χ2v) is 11.0. The molecular weight excluding hydrogens is 493 g/mol. The van der Waals surface area contributed by atoms with E-state index in [0.29, 0.717) is 0 Å². The van der Waals surface area contributed by atoms with Gasteiger partial charge in [-0.1, -0.05) is 59.9 Å². The van der Waals surface area contributed by atoms with Gasteiger partial charge in [-0.2, -0.15) is 10.5 Å². The van der Waals surface area contributed by atoms with Crippen LogP contribution in [-0.2, 0) is 0 Å². The van der Waals surface area contributed by atoms with Crippen LogP contribution in [-0.4, -0.2) is 13.1 Å². The van der Waals surface area contributed by atoms with Gasteiger partial charge in [0.05, 0.1) is 21.4 Å². The van der Waals surface area contributed by atoms with E-state index in [2.05, 4.69) is 109 Å². The molecule has 5 rings (SSSR count). The first-order chi connectivity index (χ1) is 18.2. The van der Waals surface area contributed by atoms with Crippen molar-refractivity contribution < 1.29 is 0 Å². The molecule has 0 N–H and O–H groups in total. The number of allylic oxidation sites excluding steroid dienone is 8. The molecule has 1 saturated carbocycles. The molecule has 4 nitrogen and oxygen atoms in total. The lowest BCUT2D eigenvalue weighted by molar-refractivity contribution is 0.771. The summed E-state index contributed by atoms with van der Waals surface area (Å²) in [6.07, 6.45) is 11.3. The van der Waals surface area contributed by atoms with Gasteiger partial charge >= 0.3 is 0 Å². The third-order valence-corrected chi connectivity index (χ3v) is 9.03. The molecule has 0 aromatic heterocycles. The standard InChI is InChI=1S/C31H28N4S2/c1-3-34-25-12-5-7-14-27(25)36-29(34)18-16-22-10-9-11-23(31(22)24(20-32)21-33)17-19-30-35(4-2)26-13-6-8-15-28(26)37-30/h5-8,12-19H,3-4,9-11H2,1-2H3. The minimum absolute atomic E-state index is 0.193. The predicted octanol–water partition coefficient (Wildman–Crippen LogP) is 8.31. The number of nitrogens with zero attached hydrogens (tertiary/aromatic N) is 4. The lowest BCUT2D eigenvalue weighted by atomic mass is 9.82. The van der Waals surface area contributed by atoms with Crippen LogP contribution in [0.5, 0.6) is 0 Å². The third kappa shape index (κ3) is 4.88. The first-order valence-electron chi connectivity index (χ1n) is 12.6. The molecule has 0 atom stereocenters. The number of thioether (sulfide) groups is 2. The highest BCUT2D eigenvalue weighted by Gasteiger charge is 2.26. The molecule has 0 saturated heterocycles. The summed E-state index contributed by atoms with van der Waals surface area (Å²) < 4.78 is 0. The number of hydrogen-bond donors (Lipinski definition) is 0. The van der Waals surface area contributed by atoms with E-state index in [-0.39, 0.29) is 5.57 Å². The second-order valence-electron chi connectivity index (χ2n) is 8.85. The molecule has 3 aliphatic rings. The summed E-state index contributed by atoms with van der Waals surface area (Å²) in [5, 5.41) is 22.0. The topological polar surface area (TPSA) is 54.1 Å². The number of benzene rings is 2. The van der Waals surface area contributed by atoms with Crippen molar-refractivity contribution in [2.45, 2.75) is 42.9 Å². The fourth-order valence-corrected chi connectivity index (χ4v) is 7.32. The quantitative estimate of drug-likeness (QED) is 0.378. The van der Waals surface area contributed by atoms with Gasteiger partial charge in [-0.25, -0.2) is 0 Å². The first-order valence-corrected chi connectivity index (χ1v) is 14.3. The van der Waals surface area contributed by atoms with Crippen LogP contribution in [0.15, 0.2) is 115 Å². The molecule has 0 bridgehead atoms. The van der Waals surface area contributed by atoms with E-state index < -0.39 is 0 Å². The molecule has 0 amide bonds. The zero-order valence-corrected chi connectivity index (χ0v) is 22.7. The Kier molecular flexibility index (Phi) is 7.60. The normalized spacial score (nSPS) is 20.9. The van der Waals surface area contributed by atoms with Crippen molar-refractivity contribution in [1.82, 2.24) is 0 Å². The average Bonchev–Trinajstić information content (AvgIpc) is 3.49. The predicted molar refractivity (Wildman–Crippen MR) is 155 cm³/mol. The smallest absolute Gasteiger partial charge is 0.137 e. The van der Waals surface area contributed by atoms with Gasteiger partial charge < -0.3 is 9.80 Å². The molecule has 37 heavy (non-hydrogen) atoms. The molecule has 2 aromatic rings. The van der Waals surface area contributed by atoms with Gasteiger partial charge in [-0.05, 0) is 80.7 Å². The summed E-state index contributed by atoms with van der Waals surface area (Å²) in [5.41, 5.74) is 5.58. The minimum atomic E-state index is 0.193. The first kappa shape index (κ1) is 25.1. The highest BCUT2D eigenvalue weighted by atomic mass is 32.2. The van der Waals surface area contributed by atoms with Crippen LogP contribution in [0.1, 0.15) is 33.1 Å². The van der Waals surface area contributed by atoms with Crippen LogP contribution in [0.2, 0.25) is 0 Å². The van der Waals surface area contributed by atoms with Crippen molar-refractivity contribution in [3.05, 3.63) is 105 Å². The van der Waals surface area contributed by atoms with Gasteiger partial charge in [0.1, 0.15) is 17.7 Å². The van der Waals surface area contributed by atoms with E-state index >= 15 is 0 Å². The van der Waals surface area contributed by atoms with Gasteiger partial charge in [-0.15, -0.1) is 0 Å². The number of hydrogen-bond acceptors (Lipinski definition) is 6. The Balaban J connectivity index is 1.50. The Hall–Kier alpha value is -3.58. The number of fused-ring (bicyclic) bond motifs is 2. The fourth-order valence-electron chi connectivity index (χ4n) is 5.07. The monoisotopic (exact) mass is 520 g/mol. The van der Waals surface area contributed by atoms with Crippen LogP contribution in [0.3, 0.4) is 0 Å². The highest BCUT2D eigenvalue weighted by Crippen LogP contribution is 2.47. The van der Waals surface area contributed by atoms with Gasteiger partial charge in [0, 0.05) is 28.5 Å². The largest absolute Gasteiger partial charge is 0.335 e. The van der Waals surface area contributed by atoms with Crippen LogP contribution in [0.4, 0.5) is 11.4 Å². The van der Waals surface area contributed by atoms with Crippen LogP contribution < -0.4 is 9.80 Å². The summed E-state index contributed by atoms with van der Waals surface area (Å²) in [6, 6.07) is 21.2. The summed E-state index contributed by atoms with van der Waals surface area (Å²) in [5.74, 6) is 0. The lowest BCUT2D eigenvalue weighted by Crippen LogP contribution is -2.16.